The lowest BCUT2D eigenvalue weighted by Crippen LogP contribution is -2.47. The first-order valence-corrected chi connectivity index (χ1v) is 8.76. The van der Waals surface area contributed by atoms with Gasteiger partial charge in [0.15, 0.2) is 5.96 Å². The molecule has 0 radical (unpaired) electrons. The van der Waals surface area contributed by atoms with Crippen molar-refractivity contribution in [2.75, 3.05) is 40.3 Å². The smallest absolute Gasteiger partial charge is 0.239 e. The van der Waals surface area contributed by atoms with E-state index in [2.05, 4.69) is 48.2 Å². The van der Waals surface area contributed by atoms with Crippen molar-refractivity contribution in [1.29, 1.82) is 0 Å². The first-order chi connectivity index (χ1) is 10.7. The van der Waals surface area contributed by atoms with Gasteiger partial charge in [0, 0.05) is 39.3 Å². The maximum absolute atomic E-state index is 12.2. The Labute approximate surface area is 164 Å². The molecule has 0 aromatic carbocycles. The molecule has 2 N–H and O–H groups in total. The summed E-state index contributed by atoms with van der Waals surface area (Å²) in [5, 5.41) is 6.67. The number of amides is 1. The highest BCUT2D eigenvalue weighted by Crippen LogP contribution is 2.18. The van der Waals surface area contributed by atoms with Crippen LogP contribution in [0.15, 0.2) is 4.99 Å². The molecule has 1 aliphatic rings. The molecule has 1 aliphatic heterocycles. The molecule has 1 unspecified atom stereocenters. The maximum Gasteiger partial charge on any atom is 0.239 e. The quantitative estimate of drug-likeness (QED) is 0.279. The van der Waals surface area contributed by atoms with Gasteiger partial charge in [0.1, 0.15) is 0 Å². The summed E-state index contributed by atoms with van der Waals surface area (Å²) in [5.41, 5.74) is -0.000812. The molecule has 6 nitrogen and oxygen atoms in total. The van der Waals surface area contributed by atoms with E-state index >= 15 is 0 Å². The summed E-state index contributed by atoms with van der Waals surface area (Å²) in [5.74, 6) is 1.09. The minimum absolute atomic E-state index is 0. The van der Waals surface area contributed by atoms with Crippen LogP contribution in [-0.2, 0) is 4.79 Å². The largest absolute Gasteiger partial charge is 0.357 e. The molecule has 24 heavy (non-hydrogen) atoms. The molecule has 1 rings (SSSR count). The van der Waals surface area contributed by atoms with Gasteiger partial charge in [0.25, 0.3) is 0 Å². The van der Waals surface area contributed by atoms with Gasteiger partial charge in [-0.15, -0.1) is 24.0 Å². The van der Waals surface area contributed by atoms with Gasteiger partial charge < -0.3 is 15.5 Å². The average Bonchev–Trinajstić information content (AvgIpc) is 2.89. The zero-order valence-corrected chi connectivity index (χ0v) is 18.5. The number of carbonyl (C=O) groups is 1. The molecule has 1 atom stereocenters. The predicted molar refractivity (Wildman–Crippen MR) is 112 cm³/mol. The zero-order valence-electron chi connectivity index (χ0n) is 16.2. The van der Waals surface area contributed by atoms with Gasteiger partial charge in [0.05, 0.1) is 6.04 Å². The number of rotatable bonds is 6. The summed E-state index contributed by atoms with van der Waals surface area (Å²) in [7, 11) is 3.67. The fraction of sp³-hybridized carbons (Fsp3) is 0.882. The van der Waals surface area contributed by atoms with Crippen molar-refractivity contribution in [3.05, 3.63) is 0 Å². The number of hydrogen-bond acceptors (Lipinski definition) is 3. The van der Waals surface area contributed by atoms with Crippen LogP contribution in [0.4, 0.5) is 0 Å². The Kier molecular flexibility index (Phi) is 10.9. The third-order valence-electron chi connectivity index (χ3n) is 3.80. The van der Waals surface area contributed by atoms with Crippen molar-refractivity contribution in [1.82, 2.24) is 20.4 Å². The van der Waals surface area contributed by atoms with Gasteiger partial charge in [0.2, 0.25) is 5.91 Å². The summed E-state index contributed by atoms with van der Waals surface area (Å²) < 4.78 is 0. The molecule has 7 heteroatoms. The third kappa shape index (κ3) is 8.50. The number of guanidine groups is 1. The second kappa shape index (κ2) is 11.1. The van der Waals surface area contributed by atoms with Crippen LogP contribution in [0.1, 0.15) is 47.0 Å². The second-order valence-electron chi connectivity index (χ2n) is 7.42. The van der Waals surface area contributed by atoms with E-state index in [9.17, 15) is 4.79 Å². The molecule has 0 aromatic heterocycles. The lowest BCUT2D eigenvalue weighted by molar-refractivity contribution is -0.133. The van der Waals surface area contributed by atoms with E-state index in [0.29, 0.717) is 0 Å². The Hall–Kier alpha value is -0.570. The van der Waals surface area contributed by atoms with Gasteiger partial charge in [-0.05, 0) is 53.5 Å². The number of likely N-dealkylation sites (tertiary alicyclic amines) is 1. The van der Waals surface area contributed by atoms with Crippen molar-refractivity contribution >= 4 is 35.8 Å². The summed E-state index contributed by atoms with van der Waals surface area (Å²) in [4.78, 5) is 20.8. The molecular formula is C17H36IN5O. The second-order valence-corrected chi connectivity index (χ2v) is 7.42. The molecule has 0 saturated carbocycles. The number of aliphatic imine (C=N–C) groups is 1. The van der Waals surface area contributed by atoms with E-state index in [4.69, 9.17) is 0 Å². The highest BCUT2D eigenvalue weighted by atomic mass is 127. The molecular weight excluding hydrogens is 417 g/mol. The Morgan fingerprint density at radius 2 is 2.00 bits per heavy atom. The Bertz CT molecular complexity index is 406. The molecule has 142 valence electrons. The number of halogens is 1. The molecule has 1 amide bonds. The van der Waals surface area contributed by atoms with Crippen molar-refractivity contribution in [3.63, 3.8) is 0 Å². The van der Waals surface area contributed by atoms with Gasteiger partial charge in [-0.25, -0.2) is 0 Å². The van der Waals surface area contributed by atoms with Crippen molar-refractivity contribution < 1.29 is 4.79 Å². The Morgan fingerprint density at radius 1 is 1.33 bits per heavy atom. The van der Waals surface area contributed by atoms with E-state index in [1.807, 2.05) is 14.1 Å². The Balaban J connectivity index is 0.00000529. The summed E-state index contributed by atoms with van der Waals surface area (Å²) in [6, 6.07) is 0.0647. The van der Waals surface area contributed by atoms with Crippen LogP contribution in [-0.4, -0.2) is 73.5 Å². The average molecular weight is 453 g/mol. The van der Waals surface area contributed by atoms with Gasteiger partial charge in [-0.1, -0.05) is 0 Å². The monoisotopic (exact) mass is 453 g/mol. The number of hydrogen-bond donors (Lipinski definition) is 2. The van der Waals surface area contributed by atoms with E-state index < -0.39 is 0 Å². The van der Waals surface area contributed by atoms with E-state index in [1.165, 1.54) is 0 Å². The van der Waals surface area contributed by atoms with Crippen LogP contribution < -0.4 is 10.6 Å². The molecule has 0 aliphatic carbocycles. The number of carbonyl (C=O) groups excluding carboxylic acids is 1. The first kappa shape index (κ1) is 23.4. The predicted octanol–water partition coefficient (Wildman–Crippen LogP) is 1.90. The highest BCUT2D eigenvalue weighted by Gasteiger charge is 2.30. The van der Waals surface area contributed by atoms with Crippen molar-refractivity contribution in [3.8, 4) is 0 Å². The summed E-state index contributed by atoms with van der Waals surface area (Å²) >= 11 is 0. The molecule has 1 fully saturated rings. The molecule has 0 aromatic rings. The number of nitrogens with one attached hydrogen (secondary N) is 2. The minimum Gasteiger partial charge on any atom is -0.357 e. The van der Waals surface area contributed by atoms with Crippen LogP contribution in [0.25, 0.3) is 0 Å². The Morgan fingerprint density at radius 3 is 2.54 bits per heavy atom. The molecule has 1 saturated heterocycles. The van der Waals surface area contributed by atoms with Gasteiger partial charge >= 0.3 is 0 Å². The van der Waals surface area contributed by atoms with Crippen LogP contribution >= 0.6 is 24.0 Å². The summed E-state index contributed by atoms with van der Waals surface area (Å²) in [6.45, 7) is 12.0. The first-order valence-electron chi connectivity index (χ1n) is 8.76. The van der Waals surface area contributed by atoms with Gasteiger partial charge in [-0.3, -0.25) is 14.7 Å². The maximum atomic E-state index is 12.2. The zero-order chi connectivity index (χ0) is 17.5. The van der Waals surface area contributed by atoms with E-state index in [-0.39, 0.29) is 41.5 Å². The minimum atomic E-state index is -0.000812. The van der Waals surface area contributed by atoms with Crippen molar-refractivity contribution in [2.45, 2.75) is 58.5 Å². The topological polar surface area (TPSA) is 60.0 Å². The van der Waals surface area contributed by atoms with Crippen LogP contribution in [0.3, 0.4) is 0 Å². The van der Waals surface area contributed by atoms with Gasteiger partial charge in [-0.2, -0.15) is 0 Å². The van der Waals surface area contributed by atoms with Crippen LogP contribution in [0, 0.1) is 0 Å². The normalized spacial score (nSPS) is 18.9. The number of likely N-dealkylation sites (N-methyl/N-ethyl adjacent to an activating group) is 1. The lowest BCUT2D eigenvalue weighted by atomic mass is 10.1. The summed E-state index contributed by atoms with van der Waals surface area (Å²) in [6.07, 6.45) is 3.06. The fourth-order valence-electron chi connectivity index (χ4n) is 2.80. The van der Waals surface area contributed by atoms with Crippen LogP contribution in [0.2, 0.25) is 0 Å². The lowest BCUT2D eigenvalue weighted by Gasteiger charge is -2.26. The van der Waals surface area contributed by atoms with Crippen molar-refractivity contribution in [2.24, 2.45) is 4.99 Å². The number of nitrogens with zero attached hydrogens (tertiary/aromatic N) is 3. The van der Waals surface area contributed by atoms with E-state index in [1.54, 1.807) is 4.90 Å². The molecule has 1 heterocycles. The third-order valence-corrected chi connectivity index (χ3v) is 3.80. The SMILES string of the molecule is CCNC(=NCCCN1CCCC1C(=O)N(C)C)NC(C)(C)C.I. The standard InChI is InChI=1S/C17H35N5O.HI/c1-7-18-16(20-17(2,3)4)19-11-9-13-22-12-8-10-14(22)15(23)21(5)6;/h14H,7-13H2,1-6H3,(H2,18,19,20);1H. The molecule has 0 bridgehead atoms. The molecule has 0 spiro atoms. The van der Waals surface area contributed by atoms with E-state index in [0.717, 1.165) is 51.4 Å². The van der Waals surface area contributed by atoms with Crippen LogP contribution in [0.5, 0.6) is 0 Å². The highest BCUT2D eigenvalue weighted by molar-refractivity contribution is 14.0. The fourth-order valence-corrected chi connectivity index (χ4v) is 2.80.